The summed E-state index contributed by atoms with van der Waals surface area (Å²) in [5.41, 5.74) is 1.09. The number of likely N-dealkylation sites (tertiary alicyclic amines) is 1. The van der Waals surface area contributed by atoms with Crippen molar-refractivity contribution in [1.29, 1.82) is 0 Å². The summed E-state index contributed by atoms with van der Waals surface area (Å²) >= 11 is 0.894. The van der Waals surface area contributed by atoms with Gasteiger partial charge in [-0.25, -0.2) is 14.0 Å². The Morgan fingerprint density at radius 3 is 3.00 bits per heavy atom. The standard InChI is InChI=1S/C22H27FN4O5S/c1-27-7-4-13(11-27)3-6-24-22(29)25-20-18(21(28)30-2)19(26-33-20)32-12-15-10-17-14(5-8-31-17)9-16(15)23/h9-10,13H,3-8,11-12H2,1-2H3,(H2,24,25,29)/t13-/m1/s1. The first kappa shape index (κ1) is 23.2. The van der Waals surface area contributed by atoms with Gasteiger partial charge in [0.1, 0.15) is 23.2 Å². The topological polar surface area (TPSA) is 102 Å². The number of carbonyl (C=O) groups is 2. The van der Waals surface area contributed by atoms with Gasteiger partial charge in [-0.1, -0.05) is 0 Å². The summed E-state index contributed by atoms with van der Waals surface area (Å²) in [4.78, 5) is 27.0. The number of methoxy groups -OCH3 is 1. The van der Waals surface area contributed by atoms with Gasteiger partial charge in [-0.05, 0) is 56.0 Å². The molecule has 2 aliphatic heterocycles. The highest BCUT2D eigenvalue weighted by atomic mass is 32.1. The molecular formula is C22H27FN4O5S. The third kappa shape index (κ3) is 5.53. The zero-order valence-electron chi connectivity index (χ0n) is 18.6. The number of halogens is 1. The van der Waals surface area contributed by atoms with Crippen molar-refractivity contribution < 1.29 is 28.2 Å². The monoisotopic (exact) mass is 478 g/mol. The minimum Gasteiger partial charge on any atom is -0.493 e. The molecule has 2 aromatic rings. The molecule has 1 atom stereocenters. The van der Waals surface area contributed by atoms with Crippen molar-refractivity contribution in [1.82, 2.24) is 14.6 Å². The molecule has 0 bridgehead atoms. The van der Waals surface area contributed by atoms with Crippen molar-refractivity contribution in [3.8, 4) is 11.6 Å². The van der Waals surface area contributed by atoms with E-state index in [9.17, 15) is 14.0 Å². The Hall–Kier alpha value is -2.92. The number of hydrogen-bond donors (Lipinski definition) is 2. The average Bonchev–Trinajstić information content (AvgIpc) is 3.51. The Labute approximate surface area is 195 Å². The Kier molecular flexibility index (Phi) is 7.29. The van der Waals surface area contributed by atoms with Crippen LogP contribution in [0.1, 0.15) is 34.3 Å². The van der Waals surface area contributed by atoms with Gasteiger partial charge < -0.3 is 24.4 Å². The Bertz CT molecular complexity index is 1030. The van der Waals surface area contributed by atoms with Crippen LogP contribution in [0.3, 0.4) is 0 Å². The van der Waals surface area contributed by atoms with Gasteiger partial charge in [0.05, 0.1) is 13.7 Å². The minimum atomic E-state index is -0.708. The summed E-state index contributed by atoms with van der Waals surface area (Å²) in [6.45, 7) is 3.00. The van der Waals surface area contributed by atoms with E-state index in [2.05, 4.69) is 27.0 Å². The smallest absolute Gasteiger partial charge is 0.346 e. The van der Waals surface area contributed by atoms with Crippen molar-refractivity contribution in [2.24, 2.45) is 5.92 Å². The highest BCUT2D eigenvalue weighted by Crippen LogP contribution is 2.33. The minimum absolute atomic E-state index is 0.00659. The first-order valence-corrected chi connectivity index (χ1v) is 11.6. The van der Waals surface area contributed by atoms with Crippen LogP contribution in [0.15, 0.2) is 12.1 Å². The number of nitrogens with one attached hydrogen (secondary N) is 2. The van der Waals surface area contributed by atoms with Crippen LogP contribution >= 0.6 is 11.5 Å². The van der Waals surface area contributed by atoms with Crippen LogP contribution in [-0.2, 0) is 17.8 Å². The summed E-state index contributed by atoms with van der Waals surface area (Å²) < 4.78 is 34.5. The molecule has 1 aromatic carbocycles. The molecule has 4 rings (SSSR count). The van der Waals surface area contributed by atoms with Gasteiger partial charge in [-0.15, -0.1) is 0 Å². The number of nitrogens with zero attached hydrogens (tertiary/aromatic N) is 2. The second kappa shape index (κ2) is 10.3. The van der Waals surface area contributed by atoms with Crippen molar-refractivity contribution in [2.75, 3.05) is 45.7 Å². The molecule has 2 amide bonds. The number of fused-ring (bicyclic) bond motifs is 1. The van der Waals surface area contributed by atoms with Crippen LogP contribution < -0.4 is 20.1 Å². The molecule has 2 N–H and O–H groups in total. The van der Waals surface area contributed by atoms with Gasteiger partial charge in [0.15, 0.2) is 5.56 Å². The van der Waals surface area contributed by atoms with Crippen molar-refractivity contribution in [2.45, 2.75) is 25.9 Å². The fraction of sp³-hybridized carbons (Fsp3) is 0.500. The lowest BCUT2D eigenvalue weighted by Crippen LogP contribution is -2.31. The number of benzene rings is 1. The van der Waals surface area contributed by atoms with Crippen LogP contribution in [0.5, 0.6) is 11.6 Å². The molecule has 1 fully saturated rings. The molecule has 9 nitrogen and oxygen atoms in total. The number of amides is 2. The molecule has 1 aromatic heterocycles. The van der Waals surface area contributed by atoms with E-state index in [1.165, 1.54) is 13.2 Å². The lowest BCUT2D eigenvalue weighted by atomic mass is 10.1. The molecule has 0 radical (unpaired) electrons. The predicted octanol–water partition coefficient (Wildman–Crippen LogP) is 3.05. The first-order valence-electron chi connectivity index (χ1n) is 10.8. The molecule has 3 heterocycles. The third-order valence-electron chi connectivity index (χ3n) is 5.83. The zero-order valence-corrected chi connectivity index (χ0v) is 19.4. The highest BCUT2D eigenvalue weighted by Gasteiger charge is 2.26. The SMILES string of the molecule is COC(=O)c1c(OCc2cc3c(cc2F)CCO3)nsc1NC(=O)NCC[C@@H]1CCN(C)C1. The van der Waals surface area contributed by atoms with E-state index in [1.807, 2.05) is 0 Å². The maximum atomic E-state index is 14.4. The Morgan fingerprint density at radius 1 is 1.39 bits per heavy atom. The fourth-order valence-corrected chi connectivity index (χ4v) is 4.75. The van der Waals surface area contributed by atoms with E-state index in [-0.39, 0.29) is 28.6 Å². The number of hydrogen-bond acceptors (Lipinski definition) is 8. The summed E-state index contributed by atoms with van der Waals surface area (Å²) in [6, 6.07) is 2.59. The largest absolute Gasteiger partial charge is 0.493 e. The molecule has 178 valence electrons. The van der Waals surface area contributed by atoms with Crippen LogP contribution in [0.4, 0.5) is 14.2 Å². The number of urea groups is 1. The third-order valence-corrected chi connectivity index (χ3v) is 6.57. The summed E-state index contributed by atoms with van der Waals surface area (Å²) in [5, 5.41) is 5.66. The molecular weight excluding hydrogens is 451 g/mol. The summed E-state index contributed by atoms with van der Waals surface area (Å²) in [7, 11) is 3.31. The molecule has 0 aliphatic carbocycles. The van der Waals surface area contributed by atoms with E-state index in [0.29, 0.717) is 31.2 Å². The fourth-order valence-electron chi connectivity index (χ4n) is 4.03. The highest BCUT2D eigenvalue weighted by molar-refractivity contribution is 7.11. The second-order valence-electron chi connectivity index (χ2n) is 8.21. The van der Waals surface area contributed by atoms with E-state index in [1.54, 1.807) is 6.07 Å². The van der Waals surface area contributed by atoms with E-state index in [0.717, 1.165) is 43.0 Å². The van der Waals surface area contributed by atoms with Crippen molar-refractivity contribution in [3.63, 3.8) is 0 Å². The van der Waals surface area contributed by atoms with Gasteiger partial charge in [-0.3, -0.25) is 5.32 Å². The van der Waals surface area contributed by atoms with E-state index < -0.39 is 17.8 Å². The zero-order chi connectivity index (χ0) is 23.4. The number of esters is 1. The molecule has 1 saturated heterocycles. The van der Waals surface area contributed by atoms with Gasteiger partial charge in [-0.2, -0.15) is 4.37 Å². The number of aromatic nitrogens is 1. The lowest BCUT2D eigenvalue weighted by molar-refractivity contribution is 0.0596. The molecule has 0 spiro atoms. The van der Waals surface area contributed by atoms with Gasteiger partial charge >= 0.3 is 12.0 Å². The van der Waals surface area contributed by atoms with Crippen molar-refractivity contribution >= 4 is 28.5 Å². The van der Waals surface area contributed by atoms with Gasteiger partial charge in [0, 0.05) is 30.6 Å². The quantitative estimate of drug-likeness (QED) is 0.562. The normalized spacial score (nSPS) is 17.4. The molecule has 33 heavy (non-hydrogen) atoms. The number of rotatable bonds is 8. The van der Waals surface area contributed by atoms with Crippen molar-refractivity contribution in [3.05, 3.63) is 34.6 Å². The van der Waals surface area contributed by atoms with Crippen LogP contribution in [-0.4, -0.2) is 61.7 Å². The molecule has 0 unspecified atom stereocenters. The van der Waals surface area contributed by atoms with E-state index in [4.69, 9.17) is 14.2 Å². The first-order chi connectivity index (χ1) is 15.9. The summed E-state index contributed by atoms with van der Waals surface area (Å²) in [6.07, 6.45) is 2.67. The van der Waals surface area contributed by atoms with Gasteiger partial charge in [0.2, 0.25) is 5.88 Å². The maximum absolute atomic E-state index is 14.4. The van der Waals surface area contributed by atoms with Crippen LogP contribution in [0.2, 0.25) is 0 Å². The number of carbonyl (C=O) groups excluding carboxylic acids is 2. The number of ether oxygens (including phenoxy) is 3. The van der Waals surface area contributed by atoms with Gasteiger partial charge in [0.25, 0.3) is 0 Å². The summed E-state index contributed by atoms with van der Waals surface area (Å²) in [5.74, 6) is 0.0390. The molecule has 2 aliphatic rings. The van der Waals surface area contributed by atoms with Crippen LogP contribution in [0, 0.1) is 11.7 Å². The second-order valence-corrected chi connectivity index (χ2v) is 8.98. The molecule has 11 heteroatoms. The maximum Gasteiger partial charge on any atom is 0.346 e. The Morgan fingerprint density at radius 2 is 2.24 bits per heavy atom. The Balaban J connectivity index is 1.38. The van der Waals surface area contributed by atoms with E-state index >= 15 is 0 Å². The number of anilines is 1. The van der Waals surface area contributed by atoms with Crippen LogP contribution in [0.25, 0.3) is 0 Å². The lowest BCUT2D eigenvalue weighted by Gasteiger charge is -2.12. The predicted molar refractivity (Wildman–Crippen MR) is 121 cm³/mol. The average molecular weight is 479 g/mol. The molecule has 0 saturated carbocycles.